The zero-order valence-electron chi connectivity index (χ0n) is 22.5. The largest absolute Gasteiger partial charge is 0.443 e. The van der Waals surface area contributed by atoms with E-state index in [1.807, 2.05) is 46.9 Å². The van der Waals surface area contributed by atoms with Crippen LogP contribution in [0.2, 0.25) is 0 Å². The maximum Gasteiger partial charge on any atom is 0.420 e. The van der Waals surface area contributed by atoms with Gasteiger partial charge in [0, 0.05) is 36.1 Å². The first-order chi connectivity index (χ1) is 18.1. The molecule has 1 saturated carbocycles. The first-order valence-electron chi connectivity index (χ1n) is 13.1. The van der Waals surface area contributed by atoms with Gasteiger partial charge in [0.2, 0.25) is 0 Å². The SMILES string of the molecule is C=C(C)c1c(-c2cn3ncnc3cc2C)n(C(=O)OC(C)(C)C)c2sc(C3CCC4(CC3)OCCO4)nc12. The van der Waals surface area contributed by atoms with E-state index in [0.717, 1.165) is 74.6 Å². The van der Waals surface area contributed by atoms with Gasteiger partial charge >= 0.3 is 6.09 Å². The highest BCUT2D eigenvalue weighted by molar-refractivity contribution is 7.18. The van der Waals surface area contributed by atoms with E-state index in [-0.39, 0.29) is 5.92 Å². The van der Waals surface area contributed by atoms with Gasteiger partial charge in [-0.2, -0.15) is 5.10 Å². The van der Waals surface area contributed by atoms with Crippen molar-refractivity contribution in [3.63, 3.8) is 0 Å². The van der Waals surface area contributed by atoms with Crippen molar-refractivity contribution in [1.29, 1.82) is 0 Å². The third-order valence-electron chi connectivity index (χ3n) is 7.32. The molecule has 6 rings (SSSR count). The van der Waals surface area contributed by atoms with Crippen LogP contribution in [-0.4, -0.2) is 54.8 Å². The molecule has 1 saturated heterocycles. The summed E-state index contributed by atoms with van der Waals surface area (Å²) < 4.78 is 21.2. The molecular formula is C28H33N5O4S. The fourth-order valence-corrected chi connectivity index (χ4v) is 6.82. The van der Waals surface area contributed by atoms with Crippen LogP contribution >= 0.6 is 11.3 Å². The number of thiazole rings is 1. The molecule has 38 heavy (non-hydrogen) atoms. The molecule has 2 aliphatic rings. The van der Waals surface area contributed by atoms with Crippen LogP contribution < -0.4 is 0 Å². The summed E-state index contributed by atoms with van der Waals surface area (Å²) in [7, 11) is 0. The van der Waals surface area contributed by atoms with E-state index in [1.165, 1.54) is 6.33 Å². The lowest BCUT2D eigenvalue weighted by molar-refractivity contribution is -0.178. The second kappa shape index (κ2) is 9.00. The van der Waals surface area contributed by atoms with E-state index in [4.69, 9.17) is 19.2 Å². The van der Waals surface area contributed by atoms with E-state index < -0.39 is 17.5 Å². The zero-order chi connectivity index (χ0) is 26.8. The van der Waals surface area contributed by atoms with Gasteiger partial charge in [0.05, 0.1) is 23.9 Å². The number of allylic oxidation sites excluding steroid dienone is 1. The Kier molecular flexibility index (Phi) is 5.97. The van der Waals surface area contributed by atoms with Crippen LogP contribution in [0.4, 0.5) is 4.79 Å². The Bertz CT molecular complexity index is 1560. The molecule has 10 heteroatoms. The van der Waals surface area contributed by atoms with Crippen molar-refractivity contribution in [2.45, 2.75) is 77.6 Å². The summed E-state index contributed by atoms with van der Waals surface area (Å²) >= 11 is 1.57. The number of carbonyl (C=O) groups excluding carboxylic acids is 1. The number of fused-ring (bicyclic) bond motifs is 2. The van der Waals surface area contributed by atoms with E-state index in [0.29, 0.717) is 13.2 Å². The Morgan fingerprint density at radius 3 is 2.61 bits per heavy atom. The van der Waals surface area contributed by atoms with Crippen molar-refractivity contribution >= 4 is 39.0 Å². The predicted octanol–water partition coefficient (Wildman–Crippen LogP) is 6.33. The molecule has 0 unspecified atom stereocenters. The van der Waals surface area contributed by atoms with Crippen LogP contribution in [-0.2, 0) is 14.2 Å². The Labute approximate surface area is 225 Å². The monoisotopic (exact) mass is 535 g/mol. The molecule has 1 aliphatic carbocycles. The van der Waals surface area contributed by atoms with Gasteiger partial charge in [-0.3, -0.25) is 0 Å². The highest BCUT2D eigenvalue weighted by Crippen LogP contribution is 2.47. The summed E-state index contributed by atoms with van der Waals surface area (Å²) in [5.74, 6) is -0.139. The minimum absolute atomic E-state index is 0.285. The molecule has 1 spiro atoms. The lowest BCUT2D eigenvalue weighted by Gasteiger charge is -2.34. The number of hydrogen-bond acceptors (Lipinski definition) is 8. The van der Waals surface area contributed by atoms with Crippen molar-refractivity contribution in [3.8, 4) is 11.3 Å². The smallest absolute Gasteiger partial charge is 0.420 e. The maximum atomic E-state index is 13.8. The summed E-state index contributed by atoms with van der Waals surface area (Å²) in [6, 6.07) is 1.97. The molecule has 1 aliphatic heterocycles. The van der Waals surface area contributed by atoms with E-state index >= 15 is 0 Å². The summed E-state index contributed by atoms with van der Waals surface area (Å²) in [5, 5.41) is 5.35. The first-order valence-corrected chi connectivity index (χ1v) is 13.9. The van der Waals surface area contributed by atoms with Crippen molar-refractivity contribution in [3.05, 3.63) is 41.3 Å². The van der Waals surface area contributed by atoms with Crippen molar-refractivity contribution in [2.75, 3.05) is 13.2 Å². The number of carbonyl (C=O) groups is 1. The normalized spacial score (nSPS) is 18.1. The molecule has 4 aromatic rings. The highest BCUT2D eigenvalue weighted by Gasteiger charge is 2.41. The van der Waals surface area contributed by atoms with Gasteiger partial charge in [-0.1, -0.05) is 17.9 Å². The topological polar surface area (TPSA) is 92.8 Å². The van der Waals surface area contributed by atoms with E-state index in [2.05, 4.69) is 16.7 Å². The fourth-order valence-electron chi connectivity index (χ4n) is 5.58. The molecule has 0 N–H and O–H groups in total. The maximum absolute atomic E-state index is 13.8. The zero-order valence-corrected chi connectivity index (χ0v) is 23.4. The lowest BCUT2D eigenvalue weighted by Crippen LogP contribution is -2.34. The van der Waals surface area contributed by atoms with Gasteiger partial charge in [0.1, 0.15) is 22.3 Å². The molecular weight excluding hydrogens is 502 g/mol. The van der Waals surface area contributed by atoms with Crippen LogP contribution in [0.15, 0.2) is 25.2 Å². The molecule has 0 radical (unpaired) electrons. The van der Waals surface area contributed by atoms with Gasteiger partial charge in [0.25, 0.3) is 0 Å². The minimum atomic E-state index is -0.661. The molecule has 4 aromatic heterocycles. The number of rotatable bonds is 3. The molecule has 0 bridgehead atoms. The van der Waals surface area contributed by atoms with Gasteiger partial charge in [0.15, 0.2) is 11.4 Å². The fraction of sp³-hybridized carbons (Fsp3) is 0.500. The average Bonchev–Trinajstić information content (AvgIpc) is 3.61. The van der Waals surface area contributed by atoms with Gasteiger partial charge in [-0.15, -0.1) is 0 Å². The summed E-state index contributed by atoms with van der Waals surface area (Å²) in [5.41, 5.74) is 5.09. The van der Waals surface area contributed by atoms with Crippen LogP contribution in [0.5, 0.6) is 0 Å². The molecule has 0 amide bonds. The molecule has 5 heterocycles. The highest BCUT2D eigenvalue weighted by atomic mass is 32.1. The van der Waals surface area contributed by atoms with Crippen LogP contribution in [0.1, 0.15) is 75.4 Å². The minimum Gasteiger partial charge on any atom is -0.443 e. The first kappa shape index (κ1) is 25.2. The number of pyridine rings is 1. The van der Waals surface area contributed by atoms with Gasteiger partial charge in [-0.25, -0.2) is 23.8 Å². The number of aryl methyl sites for hydroxylation is 1. The standard InChI is InChI=1S/C28H33N5O4S/c1-16(2)21-22-25(38-24(31-22)18-7-9-28(10-8-18)35-11-12-36-28)33(26(34)37-27(4,5)6)23(21)19-14-32-20(13-17(19)3)29-15-30-32/h13-15,18H,1,7-12H2,2-6H3. The quantitative estimate of drug-likeness (QED) is 0.302. The number of aromatic nitrogens is 5. The summed E-state index contributed by atoms with van der Waals surface area (Å²) in [6.07, 6.45) is 6.56. The van der Waals surface area contributed by atoms with E-state index in [1.54, 1.807) is 20.4 Å². The number of hydrogen-bond donors (Lipinski definition) is 0. The van der Waals surface area contributed by atoms with Crippen LogP contribution in [0.3, 0.4) is 0 Å². The van der Waals surface area contributed by atoms with Gasteiger partial charge < -0.3 is 14.2 Å². The second-order valence-electron chi connectivity index (χ2n) is 11.3. The Morgan fingerprint density at radius 2 is 1.95 bits per heavy atom. The molecule has 0 aromatic carbocycles. The van der Waals surface area contributed by atoms with Crippen molar-refractivity contribution < 1.29 is 19.0 Å². The molecule has 2 fully saturated rings. The van der Waals surface area contributed by atoms with Crippen molar-refractivity contribution in [2.24, 2.45) is 0 Å². The Balaban J connectivity index is 1.51. The number of ether oxygens (including phenoxy) is 3. The number of nitrogens with zero attached hydrogens (tertiary/aromatic N) is 5. The van der Waals surface area contributed by atoms with Crippen LogP contribution in [0, 0.1) is 6.92 Å². The Morgan fingerprint density at radius 1 is 1.24 bits per heavy atom. The molecule has 9 nitrogen and oxygen atoms in total. The Hall–Kier alpha value is -3.08. The third-order valence-corrected chi connectivity index (χ3v) is 8.52. The van der Waals surface area contributed by atoms with E-state index in [9.17, 15) is 4.79 Å². The van der Waals surface area contributed by atoms with Crippen molar-refractivity contribution in [1.82, 2.24) is 24.1 Å². The molecule has 200 valence electrons. The lowest BCUT2D eigenvalue weighted by atomic mass is 9.85. The summed E-state index contributed by atoms with van der Waals surface area (Å²) in [4.78, 5) is 24.0. The third kappa shape index (κ3) is 4.24. The predicted molar refractivity (Wildman–Crippen MR) is 147 cm³/mol. The second-order valence-corrected chi connectivity index (χ2v) is 12.3. The van der Waals surface area contributed by atoms with Gasteiger partial charge in [-0.05, 0) is 64.7 Å². The summed E-state index contributed by atoms with van der Waals surface area (Å²) in [6.45, 7) is 15.2. The van der Waals surface area contributed by atoms with Crippen LogP contribution in [0.25, 0.3) is 32.8 Å². The average molecular weight is 536 g/mol. The molecule has 0 atom stereocenters.